The number of carbonyl (C=O) groups excluding carboxylic acids is 2. The molecule has 5 rings (SSSR count). The van der Waals surface area contributed by atoms with Crippen molar-refractivity contribution in [1.82, 2.24) is 0 Å². The molecule has 0 bridgehead atoms. The third-order valence-electron chi connectivity index (χ3n) is 8.17. The van der Waals surface area contributed by atoms with E-state index in [4.69, 9.17) is 9.47 Å². The quantitative estimate of drug-likeness (QED) is 0.274. The standard InChI is InChI=1S/C31H35FN2O5Si/c1-20-28(40(3,4)32)27(16-17-35)39-31(20)25-18-23(33-29(36)22-10-13-24(38-2)14-11-22)12-15-26(25)34(30(31)37)19-21-8-6-5-7-9-21/h5-15,18,20,27-28,35H,16-17,19H2,1-4H3,(H,33,36)/t20-,27+,28-,31+/m1/s1. The van der Waals surface area contributed by atoms with Crippen LogP contribution in [0.3, 0.4) is 0 Å². The minimum absolute atomic E-state index is 0.165. The Bertz CT molecular complexity index is 1400. The number of methoxy groups -OCH3 is 1. The number of anilines is 2. The van der Waals surface area contributed by atoms with Crippen LogP contribution in [0.1, 0.15) is 34.8 Å². The highest BCUT2D eigenvalue weighted by molar-refractivity contribution is 6.72. The second-order valence-corrected chi connectivity index (χ2v) is 14.9. The van der Waals surface area contributed by atoms with E-state index in [1.54, 1.807) is 61.5 Å². The predicted octanol–water partition coefficient (Wildman–Crippen LogP) is 5.65. The molecule has 0 aliphatic carbocycles. The third kappa shape index (κ3) is 4.82. The van der Waals surface area contributed by atoms with Crippen molar-refractivity contribution >= 4 is 31.6 Å². The molecule has 2 amide bonds. The number of halogens is 1. The first kappa shape index (κ1) is 28.0. The molecule has 0 radical (unpaired) electrons. The largest absolute Gasteiger partial charge is 0.497 e. The van der Waals surface area contributed by atoms with Gasteiger partial charge in [-0.15, -0.1) is 0 Å². The number of nitrogens with zero attached hydrogens (tertiary/aromatic N) is 1. The summed E-state index contributed by atoms with van der Waals surface area (Å²) in [6.07, 6.45) is -0.357. The summed E-state index contributed by atoms with van der Waals surface area (Å²) in [5.41, 5.74) is 1.27. The molecular weight excluding hydrogens is 527 g/mol. The van der Waals surface area contributed by atoms with Gasteiger partial charge in [-0.05, 0) is 67.5 Å². The molecule has 2 N–H and O–H groups in total. The number of ether oxygens (including phenoxy) is 2. The van der Waals surface area contributed by atoms with Gasteiger partial charge in [0.05, 0.1) is 25.4 Å². The molecular formula is C31H35FN2O5Si. The third-order valence-corrected chi connectivity index (χ3v) is 10.6. The SMILES string of the molecule is COc1ccc(C(=O)Nc2ccc3c(c2)[C@]2(O[C@@H](CCO)[C@H]([Si](C)(C)F)[C@H]2C)C(=O)N3Cc2ccccc2)cc1. The van der Waals surface area contributed by atoms with Crippen molar-refractivity contribution in [3.8, 4) is 5.75 Å². The summed E-state index contributed by atoms with van der Waals surface area (Å²) in [6, 6.07) is 21.8. The number of benzene rings is 3. The highest BCUT2D eigenvalue weighted by atomic mass is 28.4. The lowest BCUT2D eigenvalue weighted by atomic mass is 9.82. The molecule has 3 aromatic carbocycles. The predicted molar refractivity (Wildman–Crippen MR) is 155 cm³/mol. The highest BCUT2D eigenvalue weighted by Gasteiger charge is 2.66. The average Bonchev–Trinajstić information content (AvgIpc) is 3.36. The van der Waals surface area contributed by atoms with Crippen molar-refractivity contribution in [1.29, 1.82) is 0 Å². The number of nitrogens with one attached hydrogen (secondary N) is 1. The number of carbonyl (C=O) groups is 2. The Balaban J connectivity index is 1.57. The number of aliphatic hydroxyl groups excluding tert-OH is 1. The maximum atomic E-state index is 15.8. The van der Waals surface area contributed by atoms with Gasteiger partial charge in [-0.2, -0.15) is 0 Å². The van der Waals surface area contributed by atoms with Crippen LogP contribution in [0.4, 0.5) is 15.5 Å². The Kier molecular flexibility index (Phi) is 7.56. The summed E-state index contributed by atoms with van der Waals surface area (Å²) in [7, 11) is -1.75. The first-order valence-corrected chi connectivity index (χ1v) is 16.5. The molecule has 7 nitrogen and oxygen atoms in total. The van der Waals surface area contributed by atoms with Gasteiger partial charge < -0.3 is 28.9 Å². The van der Waals surface area contributed by atoms with Crippen molar-refractivity contribution in [2.24, 2.45) is 5.92 Å². The Morgan fingerprint density at radius 3 is 2.45 bits per heavy atom. The maximum Gasteiger partial charge on any atom is 0.264 e. The minimum atomic E-state index is -3.31. The van der Waals surface area contributed by atoms with Gasteiger partial charge in [0.2, 0.25) is 8.41 Å². The summed E-state index contributed by atoms with van der Waals surface area (Å²) in [6.45, 7) is 5.31. The molecule has 40 heavy (non-hydrogen) atoms. The van der Waals surface area contributed by atoms with Crippen LogP contribution >= 0.6 is 0 Å². The monoisotopic (exact) mass is 562 g/mol. The lowest BCUT2D eigenvalue weighted by molar-refractivity contribution is -0.146. The molecule has 4 atom stereocenters. The lowest BCUT2D eigenvalue weighted by Crippen LogP contribution is -2.45. The van der Waals surface area contributed by atoms with Crippen LogP contribution in [-0.4, -0.2) is 45.1 Å². The summed E-state index contributed by atoms with van der Waals surface area (Å²) in [4.78, 5) is 29.1. The van der Waals surface area contributed by atoms with Gasteiger partial charge in [0.25, 0.3) is 11.8 Å². The average molecular weight is 563 g/mol. The molecule has 0 unspecified atom stereocenters. The summed E-state index contributed by atoms with van der Waals surface area (Å²) < 4.78 is 27.6. The Morgan fingerprint density at radius 1 is 1.12 bits per heavy atom. The van der Waals surface area contributed by atoms with E-state index in [1.165, 1.54) is 0 Å². The van der Waals surface area contributed by atoms with Gasteiger partial charge in [-0.3, -0.25) is 9.59 Å². The molecule has 1 fully saturated rings. The minimum Gasteiger partial charge on any atom is -0.497 e. The van der Waals surface area contributed by atoms with Crippen molar-refractivity contribution < 1.29 is 28.3 Å². The van der Waals surface area contributed by atoms with Crippen molar-refractivity contribution in [3.63, 3.8) is 0 Å². The van der Waals surface area contributed by atoms with E-state index in [0.717, 1.165) is 5.56 Å². The fraction of sp³-hybridized carbons (Fsp3) is 0.355. The molecule has 1 spiro atoms. The van der Waals surface area contributed by atoms with Crippen LogP contribution in [0.2, 0.25) is 18.6 Å². The second-order valence-electron chi connectivity index (χ2n) is 11.1. The first-order chi connectivity index (χ1) is 19.1. The van der Waals surface area contributed by atoms with Crippen LogP contribution in [0.15, 0.2) is 72.8 Å². The molecule has 2 aliphatic rings. The summed E-state index contributed by atoms with van der Waals surface area (Å²) in [5.74, 6) is -0.390. The molecule has 0 aromatic heterocycles. The van der Waals surface area contributed by atoms with Crippen LogP contribution in [0.25, 0.3) is 0 Å². The second kappa shape index (κ2) is 10.8. The molecule has 9 heteroatoms. The molecule has 3 aromatic rings. The van der Waals surface area contributed by atoms with E-state index >= 15 is 4.11 Å². The summed E-state index contributed by atoms with van der Waals surface area (Å²) in [5, 5.41) is 12.7. The highest BCUT2D eigenvalue weighted by Crippen LogP contribution is 2.60. The van der Waals surface area contributed by atoms with Crippen molar-refractivity contribution in [2.45, 2.75) is 50.2 Å². The fourth-order valence-corrected chi connectivity index (χ4v) is 8.93. The van der Waals surface area contributed by atoms with E-state index in [0.29, 0.717) is 34.8 Å². The Labute approximate surface area is 235 Å². The fourth-order valence-electron chi connectivity index (χ4n) is 6.39. The van der Waals surface area contributed by atoms with Crippen molar-refractivity contribution in [2.75, 3.05) is 23.9 Å². The normalized spacial score (nSPS) is 23.9. The van der Waals surface area contributed by atoms with Gasteiger partial charge in [-0.25, -0.2) is 0 Å². The maximum absolute atomic E-state index is 15.8. The van der Waals surface area contributed by atoms with E-state index in [9.17, 15) is 14.7 Å². The van der Waals surface area contributed by atoms with Gasteiger partial charge in [0.1, 0.15) is 5.75 Å². The number of aliphatic hydroxyl groups is 1. The topological polar surface area (TPSA) is 88.1 Å². The first-order valence-electron chi connectivity index (χ1n) is 13.5. The summed E-state index contributed by atoms with van der Waals surface area (Å²) >= 11 is 0. The van der Waals surface area contributed by atoms with Crippen LogP contribution in [0, 0.1) is 5.92 Å². The molecule has 0 saturated carbocycles. The zero-order valence-corrected chi connectivity index (χ0v) is 24.2. The van der Waals surface area contributed by atoms with Crippen LogP contribution in [0.5, 0.6) is 5.75 Å². The number of fused-ring (bicyclic) bond motifs is 2. The number of hydrogen-bond acceptors (Lipinski definition) is 5. The van der Waals surface area contributed by atoms with E-state index in [2.05, 4.69) is 5.32 Å². The number of amides is 2. The van der Waals surface area contributed by atoms with Gasteiger partial charge in [0.15, 0.2) is 5.60 Å². The Morgan fingerprint density at radius 2 is 1.82 bits per heavy atom. The molecule has 1 saturated heterocycles. The lowest BCUT2D eigenvalue weighted by Gasteiger charge is -2.31. The number of rotatable bonds is 8. The van der Waals surface area contributed by atoms with E-state index in [-0.39, 0.29) is 24.8 Å². The van der Waals surface area contributed by atoms with Gasteiger partial charge >= 0.3 is 0 Å². The zero-order chi connectivity index (χ0) is 28.7. The van der Waals surface area contributed by atoms with Crippen molar-refractivity contribution in [3.05, 3.63) is 89.5 Å². The zero-order valence-electron chi connectivity index (χ0n) is 23.2. The van der Waals surface area contributed by atoms with Crippen LogP contribution in [-0.2, 0) is 21.7 Å². The Hall–Kier alpha value is -3.53. The molecule has 2 heterocycles. The van der Waals surface area contributed by atoms with E-state index < -0.39 is 31.6 Å². The van der Waals surface area contributed by atoms with Gasteiger partial charge in [0, 0.05) is 34.9 Å². The van der Waals surface area contributed by atoms with E-state index in [1.807, 2.05) is 43.3 Å². The number of hydrogen-bond donors (Lipinski definition) is 2. The van der Waals surface area contributed by atoms with Gasteiger partial charge in [-0.1, -0.05) is 37.3 Å². The molecule has 2 aliphatic heterocycles. The molecule has 210 valence electrons. The van der Waals surface area contributed by atoms with Crippen LogP contribution < -0.4 is 15.0 Å². The smallest absolute Gasteiger partial charge is 0.264 e.